The number of ether oxygens (including phenoxy) is 1. The van der Waals surface area contributed by atoms with Gasteiger partial charge in [0, 0.05) is 11.8 Å². The molecule has 168 valence electrons. The Hall–Kier alpha value is -4.00. The number of carbonyl (C=O) groups excluding carboxylic acids is 2. The maximum absolute atomic E-state index is 13.9. The number of nitrogens with one attached hydrogen (secondary N) is 1. The Morgan fingerprint density at radius 1 is 0.848 bits per heavy atom. The van der Waals surface area contributed by atoms with Crippen LogP contribution in [0.25, 0.3) is 5.57 Å². The van der Waals surface area contributed by atoms with Crippen LogP contribution in [0.3, 0.4) is 0 Å². The van der Waals surface area contributed by atoms with Gasteiger partial charge in [-0.3, -0.25) is 9.59 Å². The van der Waals surface area contributed by atoms with E-state index in [0.717, 1.165) is 22.6 Å². The van der Waals surface area contributed by atoms with Crippen LogP contribution in [-0.2, 0) is 9.59 Å². The molecule has 0 fully saturated rings. The van der Waals surface area contributed by atoms with Crippen molar-refractivity contribution in [1.82, 2.24) is 0 Å². The lowest BCUT2D eigenvalue weighted by atomic mass is 10.0. The van der Waals surface area contributed by atoms with Crippen LogP contribution in [0.15, 0.2) is 72.4 Å². The summed E-state index contributed by atoms with van der Waals surface area (Å²) in [5.41, 5.74) is 2.23. The van der Waals surface area contributed by atoms with Crippen molar-refractivity contribution in [2.45, 2.75) is 26.9 Å². The molecule has 0 unspecified atom stereocenters. The van der Waals surface area contributed by atoms with E-state index in [1.807, 2.05) is 32.9 Å². The topological polar surface area (TPSA) is 58.6 Å². The highest BCUT2D eigenvalue weighted by Crippen LogP contribution is 2.34. The molecule has 0 atom stereocenters. The standard InChI is InChI=1S/C26H22F2N2O3/c1-15(2)33-20-11-8-18(9-12-20)29-24-23(17-6-4-16(3)5-7-17)25(31)30(26(24)32)19-10-13-21(27)22(28)14-19/h4-15,29H,1-3H3. The van der Waals surface area contributed by atoms with Crippen LogP contribution in [0.1, 0.15) is 25.0 Å². The highest BCUT2D eigenvalue weighted by atomic mass is 19.2. The second-order valence-electron chi connectivity index (χ2n) is 7.98. The van der Waals surface area contributed by atoms with Crippen LogP contribution in [0.2, 0.25) is 0 Å². The number of hydrogen-bond donors (Lipinski definition) is 1. The molecule has 0 bridgehead atoms. The third-order valence-electron chi connectivity index (χ3n) is 5.08. The summed E-state index contributed by atoms with van der Waals surface area (Å²) in [4.78, 5) is 27.5. The number of carbonyl (C=O) groups is 2. The van der Waals surface area contributed by atoms with Crippen molar-refractivity contribution in [2.24, 2.45) is 0 Å². The molecule has 1 aliphatic heterocycles. The van der Waals surface area contributed by atoms with Crippen molar-refractivity contribution >= 4 is 28.8 Å². The van der Waals surface area contributed by atoms with E-state index in [4.69, 9.17) is 4.74 Å². The highest BCUT2D eigenvalue weighted by Gasteiger charge is 2.40. The first kappa shape index (κ1) is 22.2. The molecule has 5 nitrogen and oxygen atoms in total. The van der Waals surface area contributed by atoms with Crippen molar-refractivity contribution < 1.29 is 23.1 Å². The zero-order chi connectivity index (χ0) is 23.7. The molecular weight excluding hydrogens is 426 g/mol. The van der Waals surface area contributed by atoms with Crippen molar-refractivity contribution in [2.75, 3.05) is 10.2 Å². The first-order valence-corrected chi connectivity index (χ1v) is 10.4. The molecule has 1 aliphatic rings. The SMILES string of the molecule is Cc1ccc(C2=C(Nc3ccc(OC(C)C)cc3)C(=O)N(c3ccc(F)c(F)c3)C2=O)cc1. The Balaban J connectivity index is 1.75. The van der Waals surface area contributed by atoms with E-state index in [1.165, 1.54) is 6.07 Å². The number of rotatable bonds is 6. The number of hydrogen-bond acceptors (Lipinski definition) is 4. The Kier molecular flexibility index (Phi) is 5.96. The molecule has 0 radical (unpaired) electrons. The lowest BCUT2D eigenvalue weighted by Gasteiger charge is -2.16. The first-order chi connectivity index (χ1) is 15.7. The van der Waals surface area contributed by atoms with Gasteiger partial charge >= 0.3 is 0 Å². The first-order valence-electron chi connectivity index (χ1n) is 10.4. The average molecular weight is 448 g/mol. The van der Waals surface area contributed by atoms with E-state index in [0.29, 0.717) is 17.0 Å². The molecule has 0 saturated heterocycles. The van der Waals surface area contributed by atoms with E-state index >= 15 is 0 Å². The summed E-state index contributed by atoms with van der Waals surface area (Å²) in [6.07, 6.45) is 0.0124. The predicted octanol–water partition coefficient (Wildman–Crippen LogP) is 5.46. The van der Waals surface area contributed by atoms with E-state index in [1.54, 1.807) is 36.4 Å². The summed E-state index contributed by atoms with van der Waals surface area (Å²) in [5, 5.41) is 3.03. The number of aryl methyl sites for hydroxylation is 1. The van der Waals surface area contributed by atoms with Gasteiger partial charge < -0.3 is 10.1 Å². The lowest BCUT2D eigenvalue weighted by molar-refractivity contribution is -0.120. The Morgan fingerprint density at radius 2 is 1.52 bits per heavy atom. The van der Waals surface area contributed by atoms with Gasteiger partial charge in [0.25, 0.3) is 11.8 Å². The molecule has 3 aromatic carbocycles. The van der Waals surface area contributed by atoms with Gasteiger partial charge in [-0.2, -0.15) is 0 Å². The van der Waals surface area contributed by atoms with Gasteiger partial charge in [0.1, 0.15) is 11.4 Å². The molecule has 4 rings (SSSR count). The third-order valence-corrected chi connectivity index (χ3v) is 5.08. The van der Waals surface area contributed by atoms with Crippen molar-refractivity contribution in [3.8, 4) is 5.75 Å². The van der Waals surface area contributed by atoms with Gasteiger partial charge in [0.2, 0.25) is 0 Å². The summed E-state index contributed by atoms with van der Waals surface area (Å²) in [7, 11) is 0. The summed E-state index contributed by atoms with van der Waals surface area (Å²) in [6, 6.07) is 17.0. The largest absolute Gasteiger partial charge is 0.491 e. The molecular formula is C26H22F2N2O3. The normalized spacial score (nSPS) is 13.8. The Labute approximate surface area is 190 Å². The summed E-state index contributed by atoms with van der Waals surface area (Å²) in [6.45, 7) is 5.74. The second-order valence-corrected chi connectivity index (χ2v) is 7.98. The summed E-state index contributed by atoms with van der Waals surface area (Å²) < 4.78 is 32.9. The molecule has 0 saturated carbocycles. The van der Waals surface area contributed by atoms with Gasteiger partial charge in [-0.15, -0.1) is 0 Å². The van der Waals surface area contributed by atoms with Crippen LogP contribution in [0.5, 0.6) is 5.75 Å². The number of imide groups is 1. The van der Waals surface area contributed by atoms with Crippen molar-refractivity contribution in [3.05, 3.63) is 95.2 Å². The number of anilines is 2. The van der Waals surface area contributed by atoms with Gasteiger partial charge in [0.15, 0.2) is 11.6 Å². The molecule has 0 aliphatic carbocycles. The molecule has 0 spiro atoms. The van der Waals surface area contributed by atoms with Crippen LogP contribution < -0.4 is 15.0 Å². The predicted molar refractivity (Wildman–Crippen MR) is 123 cm³/mol. The Morgan fingerprint density at radius 3 is 2.12 bits per heavy atom. The van der Waals surface area contributed by atoms with Gasteiger partial charge in [-0.05, 0) is 62.7 Å². The lowest BCUT2D eigenvalue weighted by Crippen LogP contribution is -2.32. The van der Waals surface area contributed by atoms with Crippen molar-refractivity contribution in [3.63, 3.8) is 0 Å². The minimum atomic E-state index is -1.15. The monoisotopic (exact) mass is 448 g/mol. The minimum Gasteiger partial charge on any atom is -0.491 e. The molecule has 0 aromatic heterocycles. The zero-order valence-corrected chi connectivity index (χ0v) is 18.4. The van der Waals surface area contributed by atoms with Gasteiger partial charge in [-0.1, -0.05) is 29.8 Å². The third kappa shape index (κ3) is 4.48. The number of benzene rings is 3. The fraction of sp³-hybridized carbons (Fsp3) is 0.154. The maximum Gasteiger partial charge on any atom is 0.282 e. The van der Waals surface area contributed by atoms with Gasteiger partial charge in [-0.25, -0.2) is 13.7 Å². The van der Waals surface area contributed by atoms with Crippen molar-refractivity contribution in [1.29, 1.82) is 0 Å². The van der Waals surface area contributed by atoms with Crippen LogP contribution >= 0.6 is 0 Å². The maximum atomic E-state index is 13.9. The fourth-order valence-electron chi connectivity index (χ4n) is 3.53. The van der Waals surface area contributed by atoms with E-state index in [-0.39, 0.29) is 23.1 Å². The van der Waals surface area contributed by atoms with E-state index < -0.39 is 23.4 Å². The molecule has 1 N–H and O–H groups in total. The molecule has 1 heterocycles. The number of amides is 2. The van der Waals surface area contributed by atoms with E-state index in [9.17, 15) is 18.4 Å². The summed E-state index contributed by atoms with van der Waals surface area (Å²) in [5.74, 6) is -2.83. The highest BCUT2D eigenvalue weighted by molar-refractivity contribution is 6.46. The fourth-order valence-corrected chi connectivity index (χ4v) is 3.53. The van der Waals surface area contributed by atoms with E-state index in [2.05, 4.69) is 5.32 Å². The summed E-state index contributed by atoms with van der Waals surface area (Å²) >= 11 is 0. The van der Waals surface area contributed by atoms with Gasteiger partial charge in [0.05, 0.1) is 17.4 Å². The van der Waals surface area contributed by atoms with Crippen LogP contribution in [0.4, 0.5) is 20.2 Å². The van der Waals surface area contributed by atoms with Crippen LogP contribution in [0, 0.1) is 18.6 Å². The quantitative estimate of drug-likeness (QED) is 0.509. The molecule has 7 heteroatoms. The molecule has 3 aromatic rings. The number of halogens is 2. The molecule has 2 amide bonds. The smallest absolute Gasteiger partial charge is 0.282 e. The Bertz CT molecular complexity index is 1250. The second kappa shape index (κ2) is 8.86. The molecule has 33 heavy (non-hydrogen) atoms. The number of nitrogens with zero attached hydrogens (tertiary/aromatic N) is 1. The zero-order valence-electron chi connectivity index (χ0n) is 18.4. The minimum absolute atomic E-state index is 0.0124. The average Bonchev–Trinajstić information content (AvgIpc) is 3.01. The van der Waals surface area contributed by atoms with Crippen LogP contribution in [-0.4, -0.2) is 17.9 Å².